The number of allylic oxidation sites excluding steroid dienone is 1. The van der Waals surface area contributed by atoms with Gasteiger partial charge in [0.15, 0.2) is 5.78 Å². The van der Waals surface area contributed by atoms with Gasteiger partial charge >= 0.3 is 0 Å². The van der Waals surface area contributed by atoms with E-state index in [0.717, 1.165) is 38.5 Å². The summed E-state index contributed by atoms with van der Waals surface area (Å²) in [5, 5.41) is 11.0. The van der Waals surface area contributed by atoms with Crippen molar-refractivity contribution in [1.29, 1.82) is 0 Å². The van der Waals surface area contributed by atoms with Crippen molar-refractivity contribution < 1.29 is 9.90 Å². The fraction of sp³-hybridized carbons (Fsp3) is 0.762. The first kappa shape index (κ1) is 15.5. The molecule has 0 heterocycles. The van der Waals surface area contributed by atoms with Gasteiger partial charge in [-0.05, 0) is 74.2 Å². The van der Waals surface area contributed by atoms with E-state index in [1.165, 1.54) is 12.0 Å². The average Bonchev–Trinajstić information content (AvgIpc) is 2.80. The molecule has 4 aliphatic rings. The van der Waals surface area contributed by atoms with Crippen LogP contribution in [0.25, 0.3) is 0 Å². The lowest BCUT2D eigenvalue weighted by molar-refractivity contribution is -0.119. The molecule has 0 saturated heterocycles. The largest absolute Gasteiger partial charge is 0.377 e. The van der Waals surface area contributed by atoms with Crippen molar-refractivity contribution in [2.24, 2.45) is 28.6 Å². The topological polar surface area (TPSA) is 37.3 Å². The second kappa shape index (κ2) is 4.73. The minimum atomic E-state index is -0.914. The van der Waals surface area contributed by atoms with Crippen LogP contribution in [0.15, 0.2) is 11.6 Å². The minimum absolute atomic E-state index is 0.120. The Kier molecular flexibility index (Phi) is 3.18. The average molecular weight is 312 g/mol. The van der Waals surface area contributed by atoms with Crippen LogP contribution in [0.2, 0.25) is 0 Å². The third kappa shape index (κ3) is 1.84. The van der Waals surface area contributed by atoms with Gasteiger partial charge in [-0.15, -0.1) is 6.42 Å². The monoisotopic (exact) mass is 312 g/mol. The number of carbonyl (C=O) groups excluding carboxylic acids is 1. The van der Waals surface area contributed by atoms with Crippen molar-refractivity contribution in [3.8, 4) is 12.3 Å². The molecular weight excluding hydrogens is 284 g/mol. The molecule has 4 rings (SSSR count). The van der Waals surface area contributed by atoms with Gasteiger partial charge in [0.25, 0.3) is 0 Å². The normalized spacial score (nSPS) is 52.0. The molecule has 0 unspecified atom stereocenters. The summed E-state index contributed by atoms with van der Waals surface area (Å²) in [6.07, 6.45) is 15.6. The highest BCUT2D eigenvalue weighted by atomic mass is 16.3. The molecule has 0 aromatic rings. The fourth-order valence-corrected chi connectivity index (χ4v) is 6.81. The Labute approximate surface area is 139 Å². The van der Waals surface area contributed by atoms with E-state index in [0.29, 0.717) is 30.0 Å². The van der Waals surface area contributed by atoms with Gasteiger partial charge < -0.3 is 5.11 Å². The summed E-state index contributed by atoms with van der Waals surface area (Å²) in [5.41, 5.74) is 0.575. The summed E-state index contributed by atoms with van der Waals surface area (Å²) in [7, 11) is 0. The van der Waals surface area contributed by atoms with Gasteiger partial charge in [0.05, 0.1) is 0 Å². The molecule has 0 bridgehead atoms. The van der Waals surface area contributed by atoms with E-state index in [1.807, 2.05) is 6.08 Å². The van der Waals surface area contributed by atoms with Crippen molar-refractivity contribution in [2.75, 3.05) is 0 Å². The number of rotatable bonds is 0. The molecule has 0 radical (unpaired) electrons. The zero-order valence-electron chi connectivity index (χ0n) is 14.4. The second-order valence-electron chi connectivity index (χ2n) is 8.97. The van der Waals surface area contributed by atoms with E-state index in [4.69, 9.17) is 6.42 Å². The van der Waals surface area contributed by atoms with Gasteiger partial charge in [0.1, 0.15) is 5.60 Å². The molecule has 3 saturated carbocycles. The molecule has 23 heavy (non-hydrogen) atoms. The lowest BCUT2D eigenvalue weighted by Crippen LogP contribution is -2.54. The smallest absolute Gasteiger partial charge is 0.155 e. The molecule has 6 atom stereocenters. The maximum atomic E-state index is 11.8. The maximum Gasteiger partial charge on any atom is 0.155 e. The predicted octanol–water partition coefficient (Wildman–Crippen LogP) is 3.88. The highest BCUT2D eigenvalue weighted by molar-refractivity contribution is 5.91. The van der Waals surface area contributed by atoms with Gasteiger partial charge in [0.2, 0.25) is 0 Å². The molecule has 1 N–H and O–H groups in total. The standard InChI is InChI=1S/C21H28O2/c1-4-21(23)12-9-18-16-6-5-14-13-15(22)7-10-19(14,2)17(16)8-11-20(18,21)3/h1,13,16-18,23H,5-12H2,2-3H3/t16-,17+,18+,19+,20-,21+/m1/s1. The van der Waals surface area contributed by atoms with Crippen molar-refractivity contribution >= 4 is 5.78 Å². The lowest BCUT2D eigenvalue weighted by atomic mass is 9.46. The molecule has 0 spiro atoms. The predicted molar refractivity (Wildman–Crippen MR) is 90.5 cm³/mol. The first-order chi connectivity index (χ1) is 10.8. The fourth-order valence-electron chi connectivity index (χ4n) is 6.81. The van der Waals surface area contributed by atoms with Gasteiger partial charge in [-0.3, -0.25) is 4.79 Å². The van der Waals surface area contributed by atoms with Gasteiger partial charge in [0, 0.05) is 11.8 Å². The lowest BCUT2D eigenvalue weighted by Gasteiger charge is -2.58. The highest BCUT2D eigenvalue weighted by Gasteiger charge is 2.63. The van der Waals surface area contributed by atoms with Crippen LogP contribution in [0.4, 0.5) is 0 Å². The Morgan fingerprint density at radius 3 is 2.61 bits per heavy atom. The third-order valence-electron chi connectivity index (χ3n) is 8.35. The Balaban J connectivity index is 1.70. The number of aliphatic hydroxyl groups is 1. The zero-order chi connectivity index (χ0) is 16.5. The third-order valence-corrected chi connectivity index (χ3v) is 8.35. The molecule has 0 amide bonds. The van der Waals surface area contributed by atoms with E-state index in [9.17, 15) is 9.90 Å². The number of hydrogen-bond donors (Lipinski definition) is 1. The molecule has 0 aromatic heterocycles. The number of terminal acetylenes is 1. The summed E-state index contributed by atoms with van der Waals surface area (Å²) < 4.78 is 0. The number of carbonyl (C=O) groups is 1. The first-order valence-corrected chi connectivity index (χ1v) is 9.28. The molecule has 2 nitrogen and oxygen atoms in total. The van der Waals surface area contributed by atoms with E-state index in [-0.39, 0.29) is 10.8 Å². The number of ketones is 1. The Bertz CT molecular complexity index is 626. The zero-order valence-corrected chi connectivity index (χ0v) is 14.4. The Morgan fingerprint density at radius 2 is 1.87 bits per heavy atom. The quantitative estimate of drug-likeness (QED) is 0.689. The molecule has 0 aromatic carbocycles. The van der Waals surface area contributed by atoms with Gasteiger partial charge in [-0.25, -0.2) is 0 Å². The van der Waals surface area contributed by atoms with Crippen molar-refractivity contribution in [3.63, 3.8) is 0 Å². The number of fused-ring (bicyclic) bond motifs is 5. The Morgan fingerprint density at radius 1 is 1.13 bits per heavy atom. The second-order valence-corrected chi connectivity index (χ2v) is 8.97. The summed E-state index contributed by atoms with van der Waals surface area (Å²) in [5.74, 6) is 4.93. The van der Waals surface area contributed by atoms with E-state index >= 15 is 0 Å². The SMILES string of the molecule is C#C[C@]1(O)CC[C@H]2[C@@H]3CCC4=CC(=O)CC[C@]4(C)[C@H]3CC[C@]21C. The van der Waals surface area contributed by atoms with Crippen LogP contribution in [-0.4, -0.2) is 16.5 Å². The van der Waals surface area contributed by atoms with E-state index < -0.39 is 5.60 Å². The molecule has 0 aliphatic heterocycles. The summed E-state index contributed by atoms with van der Waals surface area (Å²) >= 11 is 0. The van der Waals surface area contributed by atoms with Crippen LogP contribution < -0.4 is 0 Å². The van der Waals surface area contributed by atoms with Gasteiger partial charge in [-0.1, -0.05) is 25.3 Å². The summed E-state index contributed by atoms with van der Waals surface area (Å²) in [6, 6.07) is 0. The highest BCUT2D eigenvalue weighted by Crippen LogP contribution is 2.67. The minimum Gasteiger partial charge on any atom is -0.377 e. The van der Waals surface area contributed by atoms with E-state index in [1.54, 1.807) is 0 Å². The molecule has 3 fully saturated rings. The Hall–Kier alpha value is -1.07. The summed E-state index contributed by atoms with van der Waals surface area (Å²) in [6.45, 7) is 4.63. The number of hydrogen-bond acceptors (Lipinski definition) is 2. The van der Waals surface area contributed by atoms with Crippen LogP contribution in [0.5, 0.6) is 0 Å². The van der Waals surface area contributed by atoms with Crippen molar-refractivity contribution in [2.45, 2.75) is 70.8 Å². The van der Waals surface area contributed by atoms with E-state index in [2.05, 4.69) is 19.8 Å². The molecular formula is C21H28O2. The van der Waals surface area contributed by atoms with Crippen molar-refractivity contribution in [1.82, 2.24) is 0 Å². The van der Waals surface area contributed by atoms with Crippen LogP contribution in [0.1, 0.15) is 65.2 Å². The van der Waals surface area contributed by atoms with Crippen molar-refractivity contribution in [3.05, 3.63) is 11.6 Å². The molecule has 124 valence electrons. The van der Waals surface area contributed by atoms with Crippen LogP contribution in [0.3, 0.4) is 0 Å². The van der Waals surface area contributed by atoms with Crippen LogP contribution in [0, 0.1) is 40.9 Å². The first-order valence-electron chi connectivity index (χ1n) is 9.28. The molecule has 4 aliphatic carbocycles. The molecule has 2 heteroatoms. The van der Waals surface area contributed by atoms with Gasteiger partial charge in [-0.2, -0.15) is 0 Å². The van der Waals surface area contributed by atoms with Crippen LogP contribution >= 0.6 is 0 Å². The maximum absolute atomic E-state index is 11.8. The van der Waals surface area contributed by atoms with Crippen LogP contribution in [-0.2, 0) is 4.79 Å². The summed E-state index contributed by atoms with van der Waals surface area (Å²) in [4.78, 5) is 11.8.